The summed E-state index contributed by atoms with van der Waals surface area (Å²) in [4.78, 5) is 33.8. The van der Waals surface area contributed by atoms with E-state index in [0.717, 1.165) is 6.54 Å². The highest BCUT2D eigenvalue weighted by Crippen LogP contribution is 2.29. The number of likely N-dealkylation sites (N-methyl/N-ethyl adjacent to an activating group) is 1. The van der Waals surface area contributed by atoms with E-state index in [4.69, 9.17) is 4.74 Å². The molecule has 0 heterocycles. The number of anilines is 1. The Bertz CT molecular complexity index is 584. The van der Waals surface area contributed by atoms with Crippen molar-refractivity contribution >= 4 is 23.5 Å². The Labute approximate surface area is 128 Å². The molecule has 7 heteroatoms. The van der Waals surface area contributed by atoms with E-state index in [1.807, 2.05) is 6.92 Å². The summed E-state index contributed by atoms with van der Waals surface area (Å²) in [6.45, 7) is 5.84. The van der Waals surface area contributed by atoms with Gasteiger partial charge in [0.15, 0.2) is 0 Å². The predicted molar refractivity (Wildman–Crippen MR) is 81.3 cm³/mol. The van der Waals surface area contributed by atoms with Gasteiger partial charge in [-0.25, -0.2) is 4.79 Å². The number of hydrogen-bond donors (Lipinski definition) is 3. The molecular weight excluding hydrogens is 288 g/mol. The molecule has 0 saturated heterocycles. The van der Waals surface area contributed by atoms with E-state index in [1.54, 1.807) is 6.07 Å². The van der Waals surface area contributed by atoms with Crippen LogP contribution in [0.1, 0.15) is 36.7 Å². The molecule has 0 atom stereocenters. The van der Waals surface area contributed by atoms with Crippen LogP contribution in [0.15, 0.2) is 12.1 Å². The Kier molecular flexibility index (Phi) is 6.52. The van der Waals surface area contributed by atoms with Gasteiger partial charge in [0.1, 0.15) is 11.3 Å². The Morgan fingerprint density at radius 3 is 2.41 bits per heavy atom. The zero-order valence-corrected chi connectivity index (χ0v) is 12.9. The minimum Gasteiger partial charge on any atom is -0.478 e. The Balaban J connectivity index is 3.30. The third-order valence-corrected chi connectivity index (χ3v) is 2.78. The SMILES string of the molecule is CCNCCc1cc(NC(C)=O)cc(C(=O)O)c1OC(C)=O. The van der Waals surface area contributed by atoms with Crippen molar-refractivity contribution in [3.8, 4) is 5.75 Å². The van der Waals surface area contributed by atoms with Gasteiger partial charge in [-0.2, -0.15) is 0 Å². The summed E-state index contributed by atoms with van der Waals surface area (Å²) < 4.78 is 5.07. The molecule has 0 aliphatic rings. The van der Waals surface area contributed by atoms with Gasteiger partial charge in [-0.1, -0.05) is 6.92 Å². The molecule has 1 aromatic carbocycles. The lowest BCUT2D eigenvalue weighted by atomic mass is 10.0. The standard InChI is InChI=1S/C15H20N2O5/c1-4-16-6-5-11-7-12(17-9(2)18)8-13(15(20)21)14(11)22-10(3)19/h7-8,16H,4-6H2,1-3H3,(H,17,18)(H,20,21). The van der Waals surface area contributed by atoms with Gasteiger partial charge >= 0.3 is 11.9 Å². The summed E-state index contributed by atoms with van der Waals surface area (Å²) in [6, 6.07) is 2.89. The lowest BCUT2D eigenvalue weighted by Crippen LogP contribution is -2.18. The van der Waals surface area contributed by atoms with Crippen molar-refractivity contribution in [1.82, 2.24) is 5.32 Å². The topological polar surface area (TPSA) is 105 Å². The first-order chi connectivity index (χ1) is 10.3. The highest BCUT2D eigenvalue weighted by atomic mass is 16.5. The van der Waals surface area contributed by atoms with Gasteiger partial charge < -0.3 is 20.5 Å². The molecule has 0 unspecified atom stereocenters. The summed E-state index contributed by atoms with van der Waals surface area (Å²) in [7, 11) is 0. The lowest BCUT2D eigenvalue weighted by Gasteiger charge is -2.15. The van der Waals surface area contributed by atoms with Crippen LogP contribution < -0.4 is 15.4 Å². The summed E-state index contributed by atoms with van der Waals surface area (Å²) in [6.07, 6.45) is 0.462. The second-order valence-electron chi connectivity index (χ2n) is 4.70. The van der Waals surface area contributed by atoms with Crippen LogP contribution in [-0.4, -0.2) is 36.0 Å². The van der Waals surface area contributed by atoms with Crippen LogP contribution in [0.3, 0.4) is 0 Å². The summed E-state index contributed by atoms with van der Waals surface area (Å²) in [5.74, 6) is -2.12. The van der Waals surface area contributed by atoms with E-state index in [0.29, 0.717) is 24.2 Å². The number of esters is 1. The summed E-state index contributed by atoms with van der Waals surface area (Å²) in [5.41, 5.74) is 0.736. The van der Waals surface area contributed by atoms with Gasteiger partial charge in [-0.3, -0.25) is 9.59 Å². The first kappa shape index (κ1) is 17.6. The van der Waals surface area contributed by atoms with Crippen LogP contribution in [0.5, 0.6) is 5.75 Å². The van der Waals surface area contributed by atoms with Crippen molar-refractivity contribution in [2.24, 2.45) is 0 Å². The molecule has 1 rings (SSSR count). The van der Waals surface area contributed by atoms with Crippen LogP contribution >= 0.6 is 0 Å². The number of carbonyl (C=O) groups is 3. The zero-order chi connectivity index (χ0) is 16.7. The molecule has 7 nitrogen and oxygen atoms in total. The Morgan fingerprint density at radius 1 is 1.23 bits per heavy atom. The average molecular weight is 308 g/mol. The van der Waals surface area contributed by atoms with Crippen molar-refractivity contribution in [2.75, 3.05) is 18.4 Å². The minimum atomic E-state index is -1.23. The van der Waals surface area contributed by atoms with Crippen molar-refractivity contribution in [2.45, 2.75) is 27.2 Å². The quantitative estimate of drug-likeness (QED) is 0.400. The maximum Gasteiger partial charge on any atom is 0.339 e. The predicted octanol–water partition coefficient (Wildman–Crippen LogP) is 1.42. The minimum absolute atomic E-state index is 0.0204. The van der Waals surface area contributed by atoms with Gasteiger partial charge in [0, 0.05) is 19.5 Å². The third-order valence-electron chi connectivity index (χ3n) is 2.78. The van der Waals surface area contributed by atoms with E-state index in [1.165, 1.54) is 19.9 Å². The molecule has 1 amide bonds. The second kappa shape index (κ2) is 8.14. The molecule has 0 aliphatic carbocycles. The molecular formula is C15H20N2O5. The van der Waals surface area contributed by atoms with Gasteiger partial charge in [0.2, 0.25) is 5.91 Å². The first-order valence-electron chi connectivity index (χ1n) is 6.92. The zero-order valence-electron chi connectivity index (χ0n) is 12.9. The maximum absolute atomic E-state index is 11.4. The van der Waals surface area contributed by atoms with E-state index in [-0.39, 0.29) is 17.2 Å². The van der Waals surface area contributed by atoms with E-state index in [9.17, 15) is 19.5 Å². The fourth-order valence-corrected chi connectivity index (χ4v) is 1.97. The molecule has 0 bridgehead atoms. The molecule has 1 aromatic rings. The molecule has 3 N–H and O–H groups in total. The van der Waals surface area contributed by atoms with Crippen molar-refractivity contribution < 1.29 is 24.2 Å². The molecule has 0 spiro atoms. The van der Waals surface area contributed by atoms with E-state index < -0.39 is 11.9 Å². The van der Waals surface area contributed by atoms with Crippen LogP contribution in [-0.2, 0) is 16.0 Å². The number of benzene rings is 1. The summed E-state index contributed by atoms with van der Waals surface area (Å²) >= 11 is 0. The van der Waals surface area contributed by atoms with Crippen molar-refractivity contribution in [3.05, 3.63) is 23.3 Å². The van der Waals surface area contributed by atoms with Crippen LogP contribution in [0.4, 0.5) is 5.69 Å². The largest absolute Gasteiger partial charge is 0.478 e. The number of rotatable bonds is 7. The van der Waals surface area contributed by atoms with Gasteiger partial charge in [0.25, 0.3) is 0 Å². The second-order valence-corrected chi connectivity index (χ2v) is 4.70. The third kappa shape index (κ3) is 5.17. The highest BCUT2D eigenvalue weighted by Gasteiger charge is 2.19. The normalized spacial score (nSPS) is 10.1. The molecule has 22 heavy (non-hydrogen) atoms. The smallest absolute Gasteiger partial charge is 0.339 e. The molecule has 0 aromatic heterocycles. The van der Waals surface area contributed by atoms with Crippen molar-refractivity contribution in [1.29, 1.82) is 0 Å². The van der Waals surface area contributed by atoms with Gasteiger partial charge in [0.05, 0.1) is 0 Å². The lowest BCUT2D eigenvalue weighted by molar-refractivity contribution is -0.132. The van der Waals surface area contributed by atoms with Gasteiger partial charge in [-0.05, 0) is 37.2 Å². The van der Waals surface area contributed by atoms with Gasteiger partial charge in [-0.15, -0.1) is 0 Å². The Hall–Kier alpha value is -2.41. The number of carboxylic acid groups (broad SMARTS) is 1. The summed E-state index contributed by atoms with van der Waals surface area (Å²) in [5, 5.41) is 15.0. The fourth-order valence-electron chi connectivity index (χ4n) is 1.97. The van der Waals surface area contributed by atoms with Crippen LogP contribution in [0.2, 0.25) is 0 Å². The van der Waals surface area contributed by atoms with E-state index in [2.05, 4.69) is 10.6 Å². The van der Waals surface area contributed by atoms with Crippen LogP contribution in [0.25, 0.3) is 0 Å². The number of nitrogens with one attached hydrogen (secondary N) is 2. The molecule has 0 saturated carbocycles. The maximum atomic E-state index is 11.4. The van der Waals surface area contributed by atoms with E-state index >= 15 is 0 Å². The first-order valence-corrected chi connectivity index (χ1v) is 6.92. The van der Waals surface area contributed by atoms with Crippen molar-refractivity contribution in [3.63, 3.8) is 0 Å². The molecule has 0 aliphatic heterocycles. The highest BCUT2D eigenvalue weighted by molar-refractivity contribution is 5.96. The number of aromatic carboxylic acids is 1. The number of hydrogen-bond acceptors (Lipinski definition) is 5. The van der Waals surface area contributed by atoms with Crippen LogP contribution in [0, 0.1) is 0 Å². The molecule has 120 valence electrons. The molecule has 0 fully saturated rings. The number of amides is 1. The molecule has 0 radical (unpaired) electrons. The monoisotopic (exact) mass is 308 g/mol. The Morgan fingerprint density at radius 2 is 1.91 bits per heavy atom. The number of carbonyl (C=O) groups excluding carboxylic acids is 2. The average Bonchev–Trinajstić information content (AvgIpc) is 2.40. The number of carboxylic acids is 1. The fraction of sp³-hybridized carbons (Fsp3) is 0.400. The number of ether oxygens (including phenoxy) is 1.